The number of nitrogens with zero attached hydrogens (tertiary/aromatic N) is 1. The number of ether oxygens (including phenoxy) is 1. The van der Waals surface area contributed by atoms with Gasteiger partial charge < -0.3 is 10.5 Å². The zero-order valence-corrected chi connectivity index (χ0v) is 11.0. The van der Waals surface area contributed by atoms with Crippen molar-refractivity contribution in [1.29, 1.82) is 0 Å². The van der Waals surface area contributed by atoms with Gasteiger partial charge in [0, 0.05) is 25.2 Å². The molecular weight excluding hydrogens is 212 g/mol. The summed E-state index contributed by atoms with van der Waals surface area (Å²) in [6.45, 7) is 6.18. The van der Waals surface area contributed by atoms with Gasteiger partial charge >= 0.3 is 0 Å². The Morgan fingerprint density at radius 1 is 1.41 bits per heavy atom. The second kappa shape index (κ2) is 4.52. The van der Waals surface area contributed by atoms with Gasteiger partial charge in [0.1, 0.15) is 0 Å². The molecule has 1 saturated heterocycles. The van der Waals surface area contributed by atoms with Crippen molar-refractivity contribution < 1.29 is 4.74 Å². The lowest BCUT2D eigenvalue weighted by molar-refractivity contribution is -0.0833. The number of nitrogens with two attached hydrogens (primary N) is 1. The number of morpholine rings is 1. The second-order valence-electron chi connectivity index (χ2n) is 6.23. The van der Waals surface area contributed by atoms with Crippen LogP contribution in [0.1, 0.15) is 39.0 Å². The monoisotopic (exact) mass is 238 g/mol. The lowest BCUT2D eigenvalue weighted by Gasteiger charge is -2.49. The number of hydrogen-bond acceptors (Lipinski definition) is 3. The molecule has 2 N–H and O–H groups in total. The summed E-state index contributed by atoms with van der Waals surface area (Å²) >= 11 is 0. The molecule has 98 valence electrons. The standard InChI is InChI=1S/C14H26N2O/c1-2-13-9-16(5-6-17-13)14(10-15)8-11-3-4-12(14)7-11/h11-13H,2-10,15H2,1H3. The zero-order chi connectivity index (χ0) is 11.9. The van der Waals surface area contributed by atoms with Crippen molar-refractivity contribution in [3.8, 4) is 0 Å². The summed E-state index contributed by atoms with van der Waals surface area (Å²) in [5.74, 6) is 1.83. The van der Waals surface area contributed by atoms with Crippen molar-refractivity contribution in [3.05, 3.63) is 0 Å². The smallest absolute Gasteiger partial charge is 0.0700 e. The molecule has 4 atom stereocenters. The van der Waals surface area contributed by atoms with Crippen LogP contribution in [-0.2, 0) is 4.74 Å². The van der Waals surface area contributed by atoms with E-state index in [2.05, 4.69) is 11.8 Å². The Morgan fingerprint density at radius 2 is 2.29 bits per heavy atom. The molecule has 0 aromatic carbocycles. The van der Waals surface area contributed by atoms with E-state index >= 15 is 0 Å². The Balaban J connectivity index is 1.76. The van der Waals surface area contributed by atoms with E-state index in [9.17, 15) is 0 Å². The maximum Gasteiger partial charge on any atom is 0.0700 e. The molecule has 1 heterocycles. The summed E-state index contributed by atoms with van der Waals surface area (Å²) in [5.41, 5.74) is 6.52. The van der Waals surface area contributed by atoms with E-state index in [0.29, 0.717) is 11.6 Å². The summed E-state index contributed by atoms with van der Waals surface area (Å²) in [7, 11) is 0. The van der Waals surface area contributed by atoms with Crippen LogP contribution in [0.2, 0.25) is 0 Å². The first-order valence-corrected chi connectivity index (χ1v) is 7.35. The van der Waals surface area contributed by atoms with Gasteiger partial charge in [0.15, 0.2) is 0 Å². The van der Waals surface area contributed by atoms with Crippen molar-refractivity contribution in [1.82, 2.24) is 4.90 Å². The van der Waals surface area contributed by atoms with E-state index in [-0.39, 0.29) is 0 Å². The van der Waals surface area contributed by atoms with E-state index in [4.69, 9.17) is 10.5 Å². The van der Waals surface area contributed by atoms with Crippen molar-refractivity contribution in [2.75, 3.05) is 26.2 Å². The van der Waals surface area contributed by atoms with Crippen molar-refractivity contribution in [2.45, 2.75) is 50.7 Å². The molecule has 0 spiro atoms. The molecule has 2 bridgehead atoms. The van der Waals surface area contributed by atoms with Gasteiger partial charge in [-0.05, 0) is 37.5 Å². The quantitative estimate of drug-likeness (QED) is 0.812. The molecule has 0 amide bonds. The van der Waals surface area contributed by atoms with E-state index in [1.807, 2.05) is 0 Å². The van der Waals surface area contributed by atoms with Crippen LogP contribution < -0.4 is 5.73 Å². The Labute approximate surface area is 105 Å². The molecular formula is C14H26N2O. The average molecular weight is 238 g/mol. The number of hydrogen-bond donors (Lipinski definition) is 1. The lowest BCUT2D eigenvalue weighted by atomic mass is 9.79. The molecule has 17 heavy (non-hydrogen) atoms. The highest BCUT2D eigenvalue weighted by molar-refractivity contribution is 5.08. The first-order chi connectivity index (χ1) is 8.28. The molecule has 0 radical (unpaired) electrons. The Hall–Kier alpha value is -0.120. The molecule has 1 aliphatic heterocycles. The van der Waals surface area contributed by atoms with E-state index in [0.717, 1.165) is 44.5 Å². The van der Waals surface area contributed by atoms with Crippen LogP contribution in [0.25, 0.3) is 0 Å². The molecule has 2 saturated carbocycles. The molecule has 4 unspecified atom stereocenters. The van der Waals surface area contributed by atoms with Gasteiger partial charge in [-0.3, -0.25) is 4.90 Å². The molecule has 3 nitrogen and oxygen atoms in total. The average Bonchev–Trinajstić information content (AvgIpc) is 2.99. The third-order valence-corrected chi connectivity index (χ3v) is 5.52. The highest BCUT2D eigenvalue weighted by atomic mass is 16.5. The fourth-order valence-corrected chi connectivity index (χ4v) is 4.55. The molecule has 0 aromatic rings. The van der Waals surface area contributed by atoms with Crippen LogP contribution in [0.5, 0.6) is 0 Å². The molecule has 3 aliphatic rings. The van der Waals surface area contributed by atoms with Crippen LogP contribution in [0, 0.1) is 11.8 Å². The summed E-state index contributed by atoms with van der Waals surface area (Å²) in [6, 6.07) is 0. The zero-order valence-electron chi connectivity index (χ0n) is 11.0. The SMILES string of the molecule is CCC1CN(C2(CN)CC3CCC2C3)CCO1. The highest BCUT2D eigenvalue weighted by Gasteiger charge is 2.53. The van der Waals surface area contributed by atoms with Crippen LogP contribution >= 0.6 is 0 Å². The van der Waals surface area contributed by atoms with Gasteiger partial charge in [0.2, 0.25) is 0 Å². The summed E-state index contributed by atoms with van der Waals surface area (Å²) < 4.78 is 5.80. The fraction of sp³-hybridized carbons (Fsp3) is 1.00. The largest absolute Gasteiger partial charge is 0.376 e. The predicted octanol–water partition coefficient (Wildman–Crippen LogP) is 1.61. The van der Waals surface area contributed by atoms with Gasteiger partial charge in [0.25, 0.3) is 0 Å². The third kappa shape index (κ3) is 1.83. The molecule has 3 rings (SSSR count). The third-order valence-electron chi connectivity index (χ3n) is 5.52. The van der Waals surface area contributed by atoms with Gasteiger partial charge in [-0.1, -0.05) is 13.3 Å². The van der Waals surface area contributed by atoms with E-state index in [1.54, 1.807) is 0 Å². The lowest BCUT2D eigenvalue weighted by Crippen LogP contribution is -2.61. The van der Waals surface area contributed by atoms with Gasteiger partial charge in [-0.25, -0.2) is 0 Å². The van der Waals surface area contributed by atoms with E-state index in [1.165, 1.54) is 25.7 Å². The second-order valence-corrected chi connectivity index (χ2v) is 6.23. The van der Waals surface area contributed by atoms with Crippen LogP contribution in [0.3, 0.4) is 0 Å². The summed E-state index contributed by atoms with van der Waals surface area (Å²) in [5, 5.41) is 0. The minimum absolute atomic E-state index is 0.333. The van der Waals surface area contributed by atoms with Crippen molar-refractivity contribution >= 4 is 0 Å². The summed E-state index contributed by atoms with van der Waals surface area (Å²) in [4.78, 5) is 2.69. The highest BCUT2D eigenvalue weighted by Crippen LogP contribution is 2.53. The number of rotatable bonds is 3. The molecule has 3 fully saturated rings. The topological polar surface area (TPSA) is 38.5 Å². The molecule has 2 aliphatic carbocycles. The fourth-order valence-electron chi connectivity index (χ4n) is 4.55. The van der Waals surface area contributed by atoms with Crippen molar-refractivity contribution in [2.24, 2.45) is 17.6 Å². The van der Waals surface area contributed by atoms with Crippen LogP contribution in [0.4, 0.5) is 0 Å². The van der Waals surface area contributed by atoms with E-state index < -0.39 is 0 Å². The Bertz CT molecular complexity index is 283. The minimum atomic E-state index is 0.333. The molecule has 0 aromatic heterocycles. The minimum Gasteiger partial charge on any atom is -0.376 e. The summed E-state index contributed by atoms with van der Waals surface area (Å²) in [6.07, 6.45) is 7.22. The maximum atomic E-state index is 6.19. The first-order valence-electron chi connectivity index (χ1n) is 7.35. The van der Waals surface area contributed by atoms with Gasteiger partial charge in [0.05, 0.1) is 12.7 Å². The van der Waals surface area contributed by atoms with Crippen LogP contribution in [0.15, 0.2) is 0 Å². The molecule has 3 heteroatoms. The van der Waals surface area contributed by atoms with Crippen LogP contribution in [-0.4, -0.2) is 42.8 Å². The Kier molecular flexibility index (Phi) is 3.18. The van der Waals surface area contributed by atoms with Gasteiger partial charge in [-0.15, -0.1) is 0 Å². The Morgan fingerprint density at radius 3 is 2.88 bits per heavy atom. The normalized spacial score (nSPS) is 46.6. The van der Waals surface area contributed by atoms with Crippen molar-refractivity contribution in [3.63, 3.8) is 0 Å². The van der Waals surface area contributed by atoms with Gasteiger partial charge in [-0.2, -0.15) is 0 Å². The predicted molar refractivity (Wildman–Crippen MR) is 68.8 cm³/mol. The first kappa shape index (κ1) is 11.9. The number of fused-ring (bicyclic) bond motifs is 2. The maximum absolute atomic E-state index is 6.19.